The third-order valence-electron chi connectivity index (χ3n) is 5.31. The zero-order valence-corrected chi connectivity index (χ0v) is 20.4. The van der Waals surface area contributed by atoms with E-state index in [1.807, 2.05) is 6.07 Å². The van der Waals surface area contributed by atoms with Crippen molar-refractivity contribution in [1.82, 2.24) is 15.0 Å². The van der Waals surface area contributed by atoms with Gasteiger partial charge in [0.05, 0.1) is 0 Å². The Morgan fingerprint density at radius 2 is 1.80 bits per heavy atom. The van der Waals surface area contributed by atoms with E-state index in [1.54, 1.807) is 0 Å². The van der Waals surface area contributed by atoms with E-state index < -0.39 is 8.07 Å². The molecule has 0 bridgehead atoms. The Hall–Kier alpha value is -2.09. The van der Waals surface area contributed by atoms with Crippen molar-refractivity contribution in [2.75, 3.05) is 6.61 Å². The molecule has 1 aliphatic carbocycles. The molecule has 1 aliphatic rings. The van der Waals surface area contributed by atoms with E-state index in [0.717, 1.165) is 22.5 Å². The number of carbonyl (C=O) groups is 1. The molecule has 0 saturated carbocycles. The molecule has 0 aliphatic heterocycles. The third kappa shape index (κ3) is 4.48. The van der Waals surface area contributed by atoms with Crippen LogP contribution in [0.1, 0.15) is 28.5 Å². The number of benzene rings is 2. The van der Waals surface area contributed by atoms with Gasteiger partial charge in [-0.25, -0.2) is 0 Å². The van der Waals surface area contributed by atoms with E-state index in [1.165, 1.54) is 34.0 Å². The van der Waals surface area contributed by atoms with Gasteiger partial charge in [0.25, 0.3) is 0 Å². The largest absolute Gasteiger partial charge is 0.358 e. The summed E-state index contributed by atoms with van der Waals surface area (Å²) in [6.45, 7) is 9.44. The molecule has 30 heavy (non-hydrogen) atoms. The van der Waals surface area contributed by atoms with E-state index in [-0.39, 0.29) is 12.5 Å². The zero-order valence-electron chi connectivity index (χ0n) is 17.8. The molecule has 156 valence electrons. The predicted octanol–water partition coefficient (Wildman–Crippen LogP) is 5.79. The second-order valence-electron chi connectivity index (χ2n) is 9.02. The molecule has 4 rings (SSSR count). The zero-order chi connectivity index (χ0) is 21.5. The lowest BCUT2D eigenvalue weighted by Crippen LogP contribution is -2.22. The molecule has 0 atom stereocenters. The first-order valence-electron chi connectivity index (χ1n) is 10.2. The summed E-state index contributed by atoms with van der Waals surface area (Å²) in [6.07, 6.45) is 0.876. The van der Waals surface area contributed by atoms with Crippen LogP contribution >= 0.6 is 15.9 Å². The average molecular weight is 484 g/mol. The molecule has 5 nitrogen and oxygen atoms in total. The summed E-state index contributed by atoms with van der Waals surface area (Å²) in [4.78, 5) is 13.7. The van der Waals surface area contributed by atoms with Gasteiger partial charge >= 0.3 is 0 Å². The van der Waals surface area contributed by atoms with E-state index in [0.29, 0.717) is 18.0 Å². The van der Waals surface area contributed by atoms with Crippen LogP contribution < -0.4 is 0 Å². The first-order chi connectivity index (χ1) is 14.2. The SMILES string of the molecule is CC(=O)c1nn(COCC[Si](C)(C)C)nc1-c1ccc2c(c1)Cc1cc(Br)ccc1-2. The van der Waals surface area contributed by atoms with Gasteiger partial charge in [0.1, 0.15) is 5.69 Å². The van der Waals surface area contributed by atoms with Crippen molar-refractivity contribution in [3.63, 3.8) is 0 Å². The van der Waals surface area contributed by atoms with Crippen LogP contribution in [0.25, 0.3) is 22.4 Å². The van der Waals surface area contributed by atoms with Gasteiger partial charge in [-0.3, -0.25) is 4.79 Å². The van der Waals surface area contributed by atoms with Crippen LogP contribution in [0.4, 0.5) is 0 Å². The molecule has 1 aromatic heterocycles. The van der Waals surface area contributed by atoms with Gasteiger partial charge in [0, 0.05) is 31.6 Å². The second kappa shape index (κ2) is 8.21. The van der Waals surface area contributed by atoms with Crippen molar-refractivity contribution < 1.29 is 9.53 Å². The number of ether oxygens (including phenoxy) is 1. The minimum absolute atomic E-state index is 0.0916. The van der Waals surface area contributed by atoms with E-state index in [2.05, 4.69) is 76.1 Å². The van der Waals surface area contributed by atoms with Crippen LogP contribution in [0, 0.1) is 0 Å². The van der Waals surface area contributed by atoms with Crippen molar-refractivity contribution in [3.05, 3.63) is 57.7 Å². The van der Waals surface area contributed by atoms with Gasteiger partial charge < -0.3 is 4.74 Å². The Morgan fingerprint density at radius 3 is 2.50 bits per heavy atom. The van der Waals surface area contributed by atoms with Crippen molar-refractivity contribution in [3.8, 4) is 22.4 Å². The summed E-state index contributed by atoms with van der Waals surface area (Å²) in [5, 5.41) is 8.99. The monoisotopic (exact) mass is 483 g/mol. The Labute approximate surface area is 186 Å². The maximum Gasteiger partial charge on any atom is 0.182 e. The van der Waals surface area contributed by atoms with Gasteiger partial charge in [0.15, 0.2) is 18.2 Å². The van der Waals surface area contributed by atoms with Gasteiger partial charge in [-0.2, -0.15) is 9.90 Å². The lowest BCUT2D eigenvalue weighted by atomic mass is 10.0. The van der Waals surface area contributed by atoms with E-state index in [9.17, 15) is 4.79 Å². The summed E-state index contributed by atoms with van der Waals surface area (Å²) in [5.41, 5.74) is 7.00. The van der Waals surface area contributed by atoms with Crippen LogP contribution in [-0.4, -0.2) is 35.5 Å². The third-order valence-corrected chi connectivity index (χ3v) is 7.51. The number of hydrogen-bond donors (Lipinski definition) is 0. The number of nitrogens with zero attached hydrogens (tertiary/aromatic N) is 3. The number of Topliss-reactive ketones (excluding diaryl/α,β-unsaturated/α-hetero) is 1. The summed E-state index contributed by atoms with van der Waals surface area (Å²) in [7, 11) is -1.14. The molecule has 1 heterocycles. The standard InChI is InChI=1S/C23H26BrN3O2Si/c1-15(28)22-23(26-27(25-22)14-29-9-10-30(2,3)4)16-5-7-20-17(11-16)12-18-13-19(24)6-8-21(18)20/h5-8,11,13H,9-10,12,14H2,1-4H3. The number of carbonyl (C=O) groups excluding carboxylic acids is 1. The maximum atomic E-state index is 12.2. The summed E-state index contributed by atoms with van der Waals surface area (Å²) in [6, 6.07) is 13.8. The molecular formula is C23H26BrN3O2Si. The highest BCUT2D eigenvalue weighted by atomic mass is 79.9. The highest BCUT2D eigenvalue weighted by Crippen LogP contribution is 2.39. The number of aromatic nitrogens is 3. The topological polar surface area (TPSA) is 57.0 Å². The van der Waals surface area contributed by atoms with Crippen LogP contribution in [-0.2, 0) is 17.9 Å². The summed E-state index contributed by atoms with van der Waals surface area (Å²) < 4.78 is 6.85. The van der Waals surface area contributed by atoms with Crippen molar-refractivity contribution in [1.29, 1.82) is 0 Å². The van der Waals surface area contributed by atoms with E-state index in [4.69, 9.17) is 4.74 Å². The van der Waals surface area contributed by atoms with Gasteiger partial charge in [-0.1, -0.05) is 53.8 Å². The average Bonchev–Trinajstić information content (AvgIpc) is 3.24. The molecule has 0 N–H and O–H groups in total. The molecule has 0 fully saturated rings. The molecule has 0 unspecified atom stereocenters. The van der Waals surface area contributed by atoms with Crippen LogP contribution in [0.5, 0.6) is 0 Å². The molecule has 0 saturated heterocycles. The minimum atomic E-state index is -1.14. The first kappa shape index (κ1) is 21.2. The molecule has 0 amide bonds. The molecular weight excluding hydrogens is 458 g/mol. The molecule has 0 radical (unpaired) electrons. The number of halogens is 1. The van der Waals surface area contributed by atoms with Crippen LogP contribution in [0.15, 0.2) is 40.9 Å². The number of ketones is 1. The highest BCUT2D eigenvalue weighted by Gasteiger charge is 2.22. The van der Waals surface area contributed by atoms with Crippen molar-refractivity contribution >= 4 is 29.8 Å². The number of rotatable bonds is 7. The molecule has 0 spiro atoms. The first-order valence-corrected chi connectivity index (χ1v) is 14.7. The second-order valence-corrected chi connectivity index (χ2v) is 15.6. The molecule has 2 aromatic carbocycles. The Kier molecular flexibility index (Phi) is 5.79. The molecule has 7 heteroatoms. The fourth-order valence-electron chi connectivity index (χ4n) is 3.69. The number of hydrogen-bond acceptors (Lipinski definition) is 4. The Balaban J connectivity index is 1.58. The normalized spacial score (nSPS) is 12.7. The Bertz CT molecular complexity index is 1120. The lowest BCUT2D eigenvalue weighted by molar-refractivity contribution is 0.0682. The highest BCUT2D eigenvalue weighted by molar-refractivity contribution is 9.10. The van der Waals surface area contributed by atoms with Crippen molar-refractivity contribution in [2.45, 2.75) is 45.8 Å². The van der Waals surface area contributed by atoms with E-state index >= 15 is 0 Å². The van der Waals surface area contributed by atoms with Crippen LogP contribution in [0.3, 0.4) is 0 Å². The predicted molar refractivity (Wildman–Crippen MR) is 126 cm³/mol. The van der Waals surface area contributed by atoms with Crippen LogP contribution in [0.2, 0.25) is 25.7 Å². The smallest absolute Gasteiger partial charge is 0.182 e. The van der Waals surface area contributed by atoms with Gasteiger partial charge in [-0.05, 0) is 52.9 Å². The fraction of sp³-hybridized carbons (Fsp3) is 0.348. The fourth-order valence-corrected chi connectivity index (χ4v) is 4.85. The van der Waals surface area contributed by atoms with Crippen molar-refractivity contribution in [2.24, 2.45) is 0 Å². The maximum absolute atomic E-state index is 12.2. The van der Waals surface area contributed by atoms with Gasteiger partial charge in [0.2, 0.25) is 0 Å². The molecule has 3 aromatic rings. The number of fused-ring (bicyclic) bond motifs is 3. The summed E-state index contributed by atoms with van der Waals surface area (Å²) >= 11 is 3.56. The Morgan fingerprint density at radius 1 is 1.10 bits per heavy atom. The lowest BCUT2D eigenvalue weighted by Gasteiger charge is -2.14. The quantitative estimate of drug-likeness (QED) is 0.189. The van der Waals surface area contributed by atoms with Gasteiger partial charge in [-0.15, -0.1) is 5.10 Å². The summed E-state index contributed by atoms with van der Waals surface area (Å²) in [5.74, 6) is -0.0916. The minimum Gasteiger partial charge on any atom is -0.358 e.